The highest BCUT2D eigenvalue weighted by atomic mass is 16.2. The summed E-state index contributed by atoms with van der Waals surface area (Å²) in [6, 6.07) is 0. The minimum Gasteiger partial charge on any atom is -0.304 e. The molecule has 1 amide bonds. The maximum Gasteiger partial charge on any atom is 0.255 e. The molecule has 2 aliphatic carbocycles. The normalized spacial score (nSPS) is 49.1. The summed E-state index contributed by atoms with van der Waals surface area (Å²) in [5, 5.41) is 0. The molecule has 1 spiro atoms. The summed E-state index contributed by atoms with van der Waals surface area (Å²) in [5.41, 5.74) is -0.303. The molecule has 2 atom stereocenters. The van der Waals surface area contributed by atoms with E-state index in [0.29, 0.717) is 0 Å². The van der Waals surface area contributed by atoms with Gasteiger partial charge in [-0.1, -0.05) is 0 Å². The fraction of sp³-hybridized carbons (Fsp3) is 0.778. The van der Waals surface area contributed by atoms with Crippen LogP contribution in [0.1, 0.15) is 19.3 Å². The Morgan fingerprint density at radius 3 is 2.75 bits per heavy atom. The maximum atomic E-state index is 11.7. The van der Waals surface area contributed by atoms with Crippen molar-refractivity contribution >= 4 is 12.2 Å². The van der Waals surface area contributed by atoms with Gasteiger partial charge in [-0.05, 0) is 31.1 Å². The molecule has 1 heterocycles. The standard InChI is InChI=1S/C9H12N2O/c1-11-5-10-9(8(11)12)3-6-2-7(6)4-9/h5-7H,2-4H2,1H3. The average molecular weight is 164 g/mol. The predicted molar refractivity (Wildman–Crippen MR) is 44.8 cm³/mol. The van der Waals surface area contributed by atoms with Gasteiger partial charge in [0, 0.05) is 7.05 Å². The van der Waals surface area contributed by atoms with Crippen molar-refractivity contribution in [3.05, 3.63) is 0 Å². The molecule has 3 nitrogen and oxygen atoms in total. The van der Waals surface area contributed by atoms with E-state index in [4.69, 9.17) is 0 Å². The van der Waals surface area contributed by atoms with E-state index in [0.717, 1.165) is 24.7 Å². The first kappa shape index (κ1) is 6.63. The summed E-state index contributed by atoms with van der Waals surface area (Å²) >= 11 is 0. The van der Waals surface area contributed by atoms with Crippen LogP contribution in [0.5, 0.6) is 0 Å². The third-order valence-electron chi connectivity index (χ3n) is 3.47. The molecule has 2 fully saturated rings. The Kier molecular flexibility index (Phi) is 0.955. The summed E-state index contributed by atoms with van der Waals surface area (Å²) < 4.78 is 0. The van der Waals surface area contributed by atoms with Crippen LogP contribution in [0.4, 0.5) is 0 Å². The predicted octanol–water partition coefficient (Wildman–Crippen LogP) is 0.655. The number of likely N-dealkylation sites (N-methyl/N-ethyl adjacent to an activating group) is 1. The molecular weight excluding hydrogens is 152 g/mol. The van der Waals surface area contributed by atoms with Crippen LogP contribution in [0.15, 0.2) is 4.99 Å². The van der Waals surface area contributed by atoms with Gasteiger partial charge in [-0.2, -0.15) is 0 Å². The first-order valence-corrected chi connectivity index (χ1v) is 4.54. The van der Waals surface area contributed by atoms with Crippen LogP contribution in [0.25, 0.3) is 0 Å². The van der Waals surface area contributed by atoms with Crippen LogP contribution in [0, 0.1) is 11.8 Å². The number of hydrogen-bond acceptors (Lipinski definition) is 2. The Morgan fingerprint density at radius 2 is 2.25 bits per heavy atom. The van der Waals surface area contributed by atoms with Gasteiger partial charge in [0.2, 0.25) is 0 Å². The van der Waals surface area contributed by atoms with E-state index in [1.54, 1.807) is 18.3 Å². The van der Waals surface area contributed by atoms with Crippen molar-refractivity contribution in [3.8, 4) is 0 Å². The van der Waals surface area contributed by atoms with E-state index in [1.165, 1.54) is 6.42 Å². The van der Waals surface area contributed by atoms with E-state index >= 15 is 0 Å². The van der Waals surface area contributed by atoms with Crippen LogP contribution < -0.4 is 0 Å². The molecule has 0 N–H and O–H groups in total. The third-order valence-corrected chi connectivity index (χ3v) is 3.47. The van der Waals surface area contributed by atoms with Gasteiger partial charge >= 0.3 is 0 Å². The molecule has 0 bridgehead atoms. The number of aliphatic imine (C=N–C) groups is 1. The van der Waals surface area contributed by atoms with Crippen molar-refractivity contribution in [1.29, 1.82) is 0 Å². The number of carbonyl (C=O) groups excluding carboxylic acids is 1. The fourth-order valence-electron chi connectivity index (χ4n) is 2.67. The smallest absolute Gasteiger partial charge is 0.255 e. The lowest BCUT2D eigenvalue weighted by Gasteiger charge is -2.20. The topological polar surface area (TPSA) is 32.7 Å². The molecule has 0 aromatic rings. The highest BCUT2D eigenvalue weighted by Crippen LogP contribution is 2.58. The van der Waals surface area contributed by atoms with Gasteiger partial charge in [0.1, 0.15) is 5.54 Å². The quantitative estimate of drug-likeness (QED) is 0.517. The zero-order chi connectivity index (χ0) is 8.34. The highest BCUT2D eigenvalue weighted by Gasteiger charge is 2.59. The molecule has 3 heteroatoms. The molecule has 0 saturated heterocycles. The fourth-order valence-corrected chi connectivity index (χ4v) is 2.67. The molecule has 1 aliphatic heterocycles. The van der Waals surface area contributed by atoms with Crippen LogP contribution in [0.2, 0.25) is 0 Å². The second kappa shape index (κ2) is 1.73. The van der Waals surface area contributed by atoms with Crippen molar-refractivity contribution in [2.24, 2.45) is 16.8 Å². The van der Waals surface area contributed by atoms with E-state index in [-0.39, 0.29) is 11.4 Å². The van der Waals surface area contributed by atoms with E-state index in [2.05, 4.69) is 4.99 Å². The summed E-state index contributed by atoms with van der Waals surface area (Å²) in [4.78, 5) is 17.7. The van der Waals surface area contributed by atoms with Gasteiger partial charge in [0.25, 0.3) is 5.91 Å². The first-order valence-electron chi connectivity index (χ1n) is 4.54. The molecule has 12 heavy (non-hydrogen) atoms. The Hall–Kier alpha value is -0.860. The number of carbonyl (C=O) groups is 1. The molecule has 0 aromatic carbocycles. The van der Waals surface area contributed by atoms with Crippen LogP contribution >= 0.6 is 0 Å². The van der Waals surface area contributed by atoms with E-state index in [9.17, 15) is 4.79 Å². The zero-order valence-corrected chi connectivity index (χ0v) is 7.16. The van der Waals surface area contributed by atoms with Crippen molar-refractivity contribution in [2.45, 2.75) is 24.8 Å². The molecule has 2 unspecified atom stereocenters. The first-order chi connectivity index (χ1) is 5.71. The SMILES string of the molecule is CN1C=NC2(CC3CC3C2)C1=O. The van der Waals surface area contributed by atoms with Gasteiger partial charge in [-0.25, -0.2) is 0 Å². The minimum atomic E-state index is -0.303. The summed E-state index contributed by atoms with van der Waals surface area (Å²) in [6.07, 6.45) is 5.05. The number of hydrogen-bond donors (Lipinski definition) is 0. The van der Waals surface area contributed by atoms with Gasteiger partial charge in [-0.15, -0.1) is 0 Å². The average Bonchev–Trinajstić information content (AvgIpc) is 2.60. The Bertz CT molecular complexity index is 274. The lowest BCUT2D eigenvalue weighted by molar-refractivity contribution is -0.130. The molecular formula is C9H12N2O. The Morgan fingerprint density at radius 1 is 1.58 bits per heavy atom. The van der Waals surface area contributed by atoms with Crippen LogP contribution in [-0.2, 0) is 4.79 Å². The van der Waals surface area contributed by atoms with Gasteiger partial charge < -0.3 is 4.90 Å². The second-order valence-corrected chi connectivity index (χ2v) is 4.36. The van der Waals surface area contributed by atoms with Crippen molar-refractivity contribution in [3.63, 3.8) is 0 Å². The number of nitrogens with zero attached hydrogens (tertiary/aromatic N) is 2. The molecule has 2 saturated carbocycles. The summed E-state index contributed by atoms with van der Waals surface area (Å²) in [7, 11) is 1.80. The van der Waals surface area contributed by atoms with Crippen molar-refractivity contribution < 1.29 is 4.79 Å². The van der Waals surface area contributed by atoms with Gasteiger partial charge in [-0.3, -0.25) is 9.79 Å². The van der Waals surface area contributed by atoms with Crippen LogP contribution in [-0.4, -0.2) is 29.7 Å². The third kappa shape index (κ3) is 0.625. The molecule has 0 radical (unpaired) electrons. The number of rotatable bonds is 0. The van der Waals surface area contributed by atoms with Crippen molar-refractivity contribution in [2.75, 3.05) is 7.05 Å². The van der Waals surface area contributed by atoms with Gasteiger partial charge in [0.05, 0.1) is 6.34 Å². The molecule has 0 aromatic heterocycles. The number of amides is 1. The second-order valence-electron chi connectivity index (χ2n) is 4.36. The Balaban J connectivity index is 1.93. The Labute approximate surface area is 71.5 Å². The highest BCUT2D eigenvalue weighted by molar-refractivity contribution is 6.00. The van der Waals surface area contributed by atoms with Gasteiger partial charge in [0.15, 0.2) is 0 Å². The van der Waals surface area contributed by atoms with E-state index < -0.39 is 0 Å². The monoisotopic (exact) mass is 164 g/mol. The van der Waals surface area contributed by atoms with Crippen molar-refractivity contribution in [1.82, 2.24) is 4.90 Å². The van der Waals surface area contributed by atoms with E-state index in [1.807, 2.05) is 0 Å². The summed E-state index contributed by atoms with van der Waals surface area (Å²) in [5.74, 6) is 1.85. The lowest BCUT2D eigenvalue weighted by Crippen LogP contribution is -2.38. The lowest BCUT2D eigenvalue weighted by atomic mass is 9.94. The summed E-state index contributed by atoms with van der Waals surface area (Å²) in [6.45, 7) is 0. The molecule has 3 aliphatic rings. The maximum absolute atomic E-state index is 11.7. The largest absolute Gasteiger partial charge is 0.304 e. The number of fused-ring (bicyclic) bond motifs is 1. The van der Waals surface area contributed by atoms with Crippen LogP contribution in [0.3, 0.4) is 0 Å². The molecule has 64 valence electrons. The zero-order valence-electron chi connectivity index (χ0n) is 7.16. The molecule has 3 rings (SSSR count). The minimum absolute atomic E-state index is 0.217.